The molecule has 0 heterocycles. The second kappa shape index (κ2) is 9.91. The van der Waals surface area contributed by atoms with Crippen molar-refractivity contribution in [2.24, 2.45) is 0 Å². The van der Waals surface area contributed by atoms with E-state index in [-0.39, 0.29) is 28.9 Å². The third kappa shape index (κ3) is 6.08. The quantitative estimate of drug-likeness (QED) is 0.499. The van der Waals surface area contributed by atoms with Crippen LogP contribution in [0.15, 0.2) is 58.3 Å². The van der Waals surface area contributed by atoms with Gasteiger partial charge in [-0.3, -0.25) is 0 Å². The van der Waals surface area contributed by atoms with Crippen LogP contribution in [0.3, 0.4) is 0 Å². The SMILES string of the molecule is O=S(=O)(c1ccc(OC[C@H](O)CO)cc1)c1ccc(OC[C@@H](O)CCl)cc1. The molecular formula is C18H21ClO7S. The molecule has 2 aromatic carbocycles. The predicted molar refractivity (Wildman–Crippen MR) is 99.1 cm³/mol. The van der Waals surface area contributed by atoms with Crippen LogP contribution in [0.5, 0.6) is 11.5 Å². The monoisotopic (exact) mass is 416 g/mol. The number of rotatable bonds is 10. The maximum absolute atomic E-state index is 12.7. The molecule has 0 saturated carbocycles. The maximum Gasteiger partial charge on any atom is 0.206 e. The van der Waals surface area contributed by atoms with Crippen molar-refractivity contribution in [1.82, 2.24) is 0 Å². The van der Waals surface area contributed by atoms with Gasteiger partial charge in [-0.15, -0.1) is 11.6 Å². The van der Waals surface area contributed by atoms with E-state index in [0.29, 0.717) is 11.5 Å². The summed E-state index contributed by atoms with van der Waals surface area (Å²) in [5.41, 5.74) is 0. The average molecular weight is 417 g/mol. The second-order valence-electron chi connectivity index (χ2n) is 5.71. The van der Waals surface area contributed by atoms with E-state index in [1.54, 1.807) is 0 Å². The third-order valence-electron chi connectivity index (χ3n) is 3.54. The van der Waals surface area contributed by atoms with Gasteiger partial charge in [0.1, 0.15) is 36.9 Å². The number of aliphatic hydroxyl groups is 3. The number of hydrogen-bond acceptors (Lipinski definition) is 7. The molecule has 148 valence electrons. The van der Waals surface area contributed by atoms with Crippen LogP contribution in [-0.4, -0.2) is 61.6 Å². The number of hydrogen-bond donors (Lipinski definition) is 3. The fourth-order valence-electron chi connectivity index (χ4n) is 2.05. The first kappa shape index (κ1) is 21.5. The van der Waals surface area contributed by atoms with Crippen LogP contribution in [0.4, 0.5) is 0 Å². The third-order valence-corrected chi connectivity index (χ3v) is 5.68. The fraction of sp³-hybridized carbons (Fsp3) is 0.333. The van der Waals surface area contributed by atoms with Crippen LogP contribution in [0.2, 0.25) is 0 Å². The van der Waals surface area contributed by atoms with Crippen molar-refractivity contribution in [3.8, 4) is 11.5 Å². The topological polar surface area (TPSA) is 113 Å². The highest BCUT2D eigenvalue weighted by atomic mass is 35.5. The lowest BCUT2D eigenvalue weighted by molar-refractivity contribution is 0.0536. The molecule has 27 heavy (non-hydrogen) atoms. The maximum atomic E-state index is 12.7. The second-order valence-corrected chi connectivity index (χ2v) is 7.97. The zero-order valence-electron chi connectivity index (χ0n) is 14.4. The average Bonchev–Trinajstić information content (AvgIpc) is 2.70. The summed E-state index contributed by atoms with van der Waals surface area (Å²) in [5.74, 6) is 0.845. The number of sulfone groups is 1. The summed E-state index contributed by atoms with van der Waals surface area (Å²) in [5, 5.41) is 27.4. The molecule has 0 aliphatic rings. The van der Waals surface area contributed by atoms with Gasteiger partial charge in [0.05, 0.1) is 22.3 Å². The molecule has 0 aliphatic heterocycles. The van der Waals surface area contributed by atoms with Crippen molar-refractivity contribution in [1.29, 1.82) is 0 Å². The Kier molecular flexibility index (Phi) is 7.88. The van der Waals surface area contributed by atoms with Gasteiger partial charge in [-0.25, -0.2) is 8.42 Å². The Morgan fingerprint density at radius 2 is 1.22 bits per heavy atom. The highest BCUT2D eigenvalue weighted by molar-refractivity contribution is 7.91. The van der Waals surface area contributed by atoms with Gasteiger partial charge in [-0.1, -0.05) is 0 Å². The lowest BCUT2D eigenvalue weighted by Gasteiger charge is -2.11. The largest absolute Gasteiger partial charge is 0.491 e. The molecule has 0 amide bonds. The van der Waals surface area contributed by atoms with Gasteiger partial charge in [0.15, 0.2) is 0 Å². The summed E-state index contributed by atoms with van der Waals surface area (Å²) < 4.78 is 35.9. The van der Waals surface area contributed by atoms with Crippen LogP contribution in [-0.2, 0) is 9.84 Å². The van der Waals surface area contributed by atoms with Crippen molar-refractivity contribution in [3.63, 3.8) is 0 Å². The van der Waals surface area contributed by atoms with E-state index in [4.69, 9.17) is 26.2 Å². The first-order chi connectivity index (χ1) is 12.9. The molecule has 0 aromatic heterocycles. The van der Waals surface area contributed by atoms with E-state index in [2.05, 4.69) is 0 Å². The Bertz CT molecular complexity index is 743. The number of alkyl halides is 1. The molecule has 2 aromatic rings. The van der Waals surface area contributed by atoms with Gasteiger partial charge in [0, 0.05) is 0 Å². The van der Waals surface area contributed by atoms with Crippen molar-refractivity contribution in [3.05, 3.63) is 48.5 Å². The Hall–Kier alpha value is -1.84. The lowest BCUT2D eigenvalue weighted by atomic mass is 10.3. The van der Waals surface area contributed by atoms with E-state index in [9.17, 15) is 18.6 Å². The summed E-state index contributed by atoms with van der Waals surface area (Å²) in [6.07, 6.45) is -1.80. The van der Waals surface area contributed by atoms with Gasteiger partial charge < -0.3 is 24.8 Å². The molecule has 7 nitrogen and oxygen atoms in total. The van der Waals surface area contributed by atoms with Gasteiger partial charge in [0.2, 0.25) is 9.84 Å². The number of aliphatic hydroxyl groups excluding tert-OH is 3. The molecule has 0 spiro atoms. The Balaban J connectivity index is 2.06. The molecule has 0 saturated heterocycles. The molecule has 2 atom stereocenters. The predicted octanol–water partition coefficient (Wildman–Crippen LogP) is 1.23. The first-order valence-corrected chi connectivity index (χ1v) is 10.1. The number of halogens is 1. The smallest absolute Gasteiger partial charge is 0.206 e. The highest BCUT2D eigenvalue weighted by Gasteiger charge is 2.18. The van der Waals surface area contributed by atoms with E-state index in [1.807, 2.05) is 0 Å². The normalized spacial score (nSPS) is 13.8. The van der Waals surface area contributed by atoms with Gasteiger partial charge in [0.25, 0.3) is 0 Å². The molecule has 3 N–H and O–H groups in total. The Morgan fingerprint density at radius 3 is 1.59 bits per heavy atom. The standard InChI is InChI=1S/C18H21ClO7S/c19-9-13(21)11-25-15-1-5-17(6-2-15)27(23,24)18-7-3-16(4-8-18)26-12-14(22)10-20/h1-8,13-14,20-22H,9-12H2/t13-,14+/m0/s1. The molecular weight excluding hydrogens is 396 g/mol. The molecule has 0 radical (unpaired) electrons. The van der Waals surface area contributed by atoms with Crippen molar-refractivity contribution < 1.29 is 33.2 Å². The van der Waals surface area contributed by atoms with Crippen molar-refractivity contribution in [2.75, 3.05) is 25.7 Å². The van der Waals surface area contributed by atoms with E-state index < -0.39 is 28.7 Å². The van der Waals surface area contributed by atoms with E-state index >= 15 is 0 Å². The van der Waals surface area contributed by atoms with Crippen LogP contribution in [0.1, 0.15) is 0 Å². The molecule has 0 unspecified atom stereocenters. The summed E-state index contributed by atoms with van der Waals surface area (Å²) in [6, 6.07) is 11.6. The molecule has 0 aliphatic carbocycles. The van der Waals surface area contributed by atoms with E-state index in [0.717, 1.165) is 0 Å². The first-order valence-electron chi connectivity index (χ1n) is 8.10. The van der Waals surface area contributed by atoms with E-state index in [1.165, 1.54) is 48.5 Å². The summed E-state index contributed by atoms with van der Waals surface area (Å²) in [6.45, 7) is -0.498. The van der Waals surface area contributed by atoms with Crippen molar-refractivity contribution >= 4 is 21.4 Å². The molecule has 2 rings (SSSR count). The molecule has 0 fully saturated rings. The summed E-state index contributed by atoms with van der Waals surface area (Å²) >= 11 is 5.48. The molecule has 9 heteroatoms. The van der Waals surface area contributed by atoms with Crippen LogP contribution in [0, 0.1) is 0 Å². The minimum atomic E-state index is -3.72. The Labute approximate surface area is 162 Å². The van der Waals surface area contributed by atoms with Crippen LogP contribution < -0.4 is 9.47 Å². The van der Waals surface area contributed by atoms with Gasteiger partial charge >= 0.3 is 0 Å². The minimum absolute atomic E-state index is 0.0159. The summed E-state index contributed by atoms with van der Waals surface area (Å²) in [7, 11) is -3.72. The van der Waals surface area contributed by atoms with Crippen LogP contribution >= 0.6 is 11.6 Å². The minimum Gasteiger partial charge on any atom is -0.491 e. The summed E-state index contributed by atoms with van der Waals surface area (Å²) in [4.78, 5) is 0.181. The lowest BCUT2D eigenvalue weighted by Crippen LogP contribution is -2.21. The van der Waals surface area contributed by atoms with Crippen molar-refractivity contribution in [2.45, 2.75) is 22.0 Å². The Morgan fingerprint density at radius 1 is 0.815 bits per heavy atom. The van der Waals surface area contributed by atoms with Crippen LogP contribution in [0.25, 0.3) is 0 Å². The number of ether oxygens (including phenoxy) is 2. The fourth-order valence-corrected chi connectivity index (χ4v) is 3.40. The molecule has 0 bridgehead atoms. The number of benzene rings is 2. The zero-order valence-corrected chi connectivity index (χ0v) is 15.9. The zero-order chi connectivity index (χ0) is 19.9. The highest BCUT2D eigenvalue weighted by Crippen LogP contribution is 2.25. The van der Waals surface area contributed by atoms with Gasteiger partial charge in [-0.05, 0) is 48.5 Å². The van der Waals surface area contributed by atoms with Gasteiger partial charge in [-0.2, -0.15) is 0 Å².